The first-order valence-corrected chi connectivity index (χ1v) is 9.63. The number of ether oxygens (including phenoxy) is 1. The number of nitrogens with zero attached hydrogens (tertiary/aromatic N) is 3. The number of anilines is 2. The minimum Gasteiger partial charge on any atom is -0.477 e. The van der Waals surface area contributed by atoms with Gasteiger partial charge >= 0.3 is 0 Å². The molecule has 1 saturated heterocycles. The Hall–Kier alpha value is -3.03. The van der Waals surface area contributed by atoms with Crippen LogP contribution in [0.3, 0.4) is 0 Å². The second kappa shape index (κ2) is 7.92. The van der Waals surface area contributed by atoms with Gasteiger partial charge in [-0.3, -0.25) is 9.59 Å². The maximum atomic E-state index is 12.9. The lowest BCUT2D eigenvalue weighted by Gasteiger charge is -2.38. The standard InChI is InChI=1S/C20H24N4O4/c1-14-11-18(22-28-14)21-19(25)13-24-12-17(20(26)23-9-5-2-6-10-23)27-16-8-4-3-7-15(16)24/h3-4,7-8,11,17H,2,5-6,9-10,12-13H2,1H3,(H,21,22,25). The molecule has 0 aliphatic carbocycles. The summed E-state index contributed by atoms with van der Waals surface area (Å²) in [5.41, 5.74) is 0.802. The average molecular weight is 384 g/mol. The van der Waals surface area contributed by atoms with Gasteiger partial charge in [-0.25, -0.2) is 0 Å². The minimum absolute atomic E-state index is 0.00765. The monoisotopic (exact) mass is 384 g/mol. The molecule has 0 saturated carbocycles. The Morgan fingerprint density at radius 1 is 1.21 bits per heavy atom. The highest BCUT2D eigenvalue weighted by molar-refractivity contribution is 5.94. The first-order chi connectivity index (χ1) is 13.6. The number of hydrogen-bond acceptors (Lipinski definition) is 6. The summed E-state index contributed by atoms with van der Waals surface area (Å²) in [6.45, 7) is 3.73. The van der Waals surface area contributed by atoms with Crippen molar-refractivity contribution < 1.29 is 18.8 Å². The van der Waals surface area contributed by atoms with Crippen LogP contribution in [0, 0.1) is 6.92 Å². The molecule has 3 heterocycles. The Morgan fingerprint density at radius 2 is 2.00 bits per heavy atom. The van der Waals surface area contributed by atoms with Crippen LogP contribution in [0.5, 0.6) is 5.75 Å². The molecule has 0 spiro atoms. The third kappa shape index (κ3) is 3.95. The fraction of sp³-hybridized carbons (Fsp3) is 0.450. The number of amides is 2. The van der Waals surface area contributed by atoms with Crippen molar-refractivity contribution in [3.05, 3.63) is 36.1 Å². The van der Waals surface area contributed by atoms with Crippen LogP contribution in [0.4, 0.5) is 11.5 Å². The lowest BCUT2D eigenvalue weighted by molar-refractivity contribution is -0.139. The molecule has 0 radical (unpaired) electrons. The van der Waals surface area contributed by atoms with Gasteiger partial charge in [-0.2, -0.15) is 0 Å². The van der Waals surface area contributed by atoms with Gasteiger partial charge in [-0.15, -0.1) is 0 Å². The van der Waals surface area contributed by atoms with E-state index in [0.717, 1.165) is 38.0 Å². The van der Waals surface area contributed by atoms with Gasteiger partial charge in [-0.1, -0.05) is 17.3 Å². The van der Waals surface area contributed by atoms with Gasteiger partial charge in [0.25, 0.3) is 5.91 Å². The molecule has 4 rings (SSSR count). The van der Waals surface area contributed by atoms with Crippen molar-refractivity contribution in [2.75, 3.05) is 36.4 Å². The van der Waals surface area contributed by atoms with Gasteiger partial charge in [0.2, 0.25) is 5.91 Å². The topological polar surface area (TPSA) is 87.9 Å². The Kier molecular flexibility index (Phi) is 5.18. The Bertz CT molecular complexity index is 859. The lowest BCUT2D eigenvalue weighted by atomic mass is 10.1. The SMILES string of the molecule is Cc1cc(NC(=O)CN2CC(C(=O)N3CCCCC3)Oc3ccccc32)no1. The van der Waals surface area contributed by atoms with Gasteiger partial charge in [0, 0.05) is 19.2 Å². The van der Waals surface area contributed by atoms with Crippen LogP contribution in [0.2, 0.25) is 0 Å². The molecule has 8 nitrogen and oxygen atoms in total. The maximum absolute atomic E-state index is 12.9. The van der Waals surface area contributed by atoms with Crippen LogP contribution in [-0.2, 0) is 9.59 Å². The summed E-state index contributed by atoms with van der Waals surface area (Å²) < 4.78 is 11.0. The zero-order valence-electron chi connectivity index (χ0n) is 15.9. The summed E-state index contributed by atoms with van der Waals surface area (Å²) in [6, 6.07) is 9.14. The van der Waals surface area contributed by atoms with Crippen molar-refractivity contribution in [1.29, 1.82) is 0 Å². The van der Waals surface area contributed by atoms with Crippen molar-refractivity contribution in [2.45, 2.75) is 32.3 Å². The van der Waals surface area contributed by atoms with Crippen LogP contribution < -0.4 is 15.0 Å². The lowest BCUT2D eigenvalue weighted by Crippen LogP contribution is -2.52. The number of nitrogens with one attached hydrogen (secondary N) is 1. The molecule has 2 aliphatic heterocycles. The molecule has 1 aromatic heterocycles. The highest BCUT2D eigenvalue weighted by atomic mass is 16.5. The van der Waals surface area contributed by atoms with Crippen LogP contribution in [0.25, 0.3) is 0 Å². The second-order valence-corrected chi connectivity index (χ2v) is 7.21. The number of benzene rings is 1. The summed E-state index contributed by atoms with van der Waals surface area (Å²) in [5.74, 6) is 1.39. The predicted octanol–water partition coefficient (Wildman–Crippen LogP) is 2.20. The van der Waals surface area contributed by atoms with E-state index in [4.69, 9.17) is 9.26 Å². The predicted molar refractivity (Wildman–Crippen MR) is 103 cm³/mol. The molecule has 0 bridgehead atoms. The smallest absolute Gasteiger partial charge is 0.265 e. The molecule has 8 heteroatoms. The number of piperidine rings is 1. The molecule has 1 fully saturated rings. The Morgan fingerprint density at radius 3 is 2.75 bits per heavy atom. The van der Waals surface area contributed by atoms with Gasteiger partial charge < -0.3 is 24.4 Å². The van der Waals surface area contributed by atoms with E-state index >= 15 is 0 Å². The fourth-order valence-electron chi connectivity index (χ4n) is 3.68. The number of aromatic nitrogens is 1. The van der Waals surface area contributed by atoms with Crippen LogP contribution in [0.15, 0.2) is 34.9 Å². The number of hydrogen-bond donors (Lipinski definition) is 1. The number of fused-ring (bicyclic) bond motifs is 1. The summed E-state index contributed by atoms with van der Waals surface area (Å²) in [7, 11) is 0. The number of aryl methyl sites for hydroxylation is 1. The van der Waals surface area contributed by atoms with Gasteiger partial charge in [0.05, 0.1) is 18.8 Å². The van der Waals surface area contributed by atoms with E-state index in [1.54, 1.807) is 13.0 Å². The molecule has 2 aromatic rings. The molecular weight excluding hydrogens is 360 g/mol. The molecule has 28 heavy (non-hydrogen) atoms. The van der Waals surface area contributed by atoms with Gasteiger partial charge in [-0.05, 0) is 38.3 Å². The number of rotatable bonds is 4. The van der Waals surface area contributed by atoms with E-state index < -0.39 is 6.10 Å². The first-order valence-electron chi connectivity index (χ1n) is 9.63. The van der Waals surface area contributed by atoms with E-state index in [9.17, 15) is 9.59 Å². The van der Waals surface area contributed by atoms with Crippen LogP contribution in [0.1, 0.15) is 25.0 Å². The third-order valence-corrected chi connectivity index (χ3v) is 5.03. The quantitative estimate of drug-likeness (QED) is 0.870. The third-order valence-electron chi connectivity index (χ3n) is 5.03. The van der Waals surface area contributed by atoms with Crippen LogP contribution >= 0.6 is 0 Å². The van der Waals surface area contributed by atoms with Gasteiger partial charge in [0.15, 0.2) is 11.9 Å². The fourth-order valence-corrected chi connectivity index (χ4v) is 3.68. The number of carbonyl (C=O) groups excluding carboxylic acids is 2. The van der Waals surface area contributed by atoms with E-state index in [1.165, 1.54) is 0 Å². The number of likely N-dealkylation sites (tertiary alicyclic amines) is 1. The zero-order chi connectivity index (χ0) is 19.5. The number of carbonyl (C=O) groups is 2. The molecule has 1 aromatic carbocycles. The highest BCUT2D eigenvalue weighted by Crippen LogP contribution is 2.33. The molecule has 1 unspecified atom stereocenters. The van der Waals surface area contributed by atoms with Crippen LogP contribution in [-0.4, -0.2) is 54.2 Å². The zero-order valence-corrected chi connectivity index (χ0v) is 15.9. The summed E-state index contributed by atoms with van der Waals surface area (Å²) in [6.07, 6.45) is 2.60. The number of para-hydroxylation sites is 2. The van der Waals surface area contributed by atoms with Crippen molar-refractivity contribution in [1.82, 2.24) is 10.1 Å². The van der Waals surface area contributed by atoms with Crippen molar-refractivity contribution >= 4 is 23.3 Å². The van der Waals surface area contributed by atoms with E-state index in [-0.39, 0.29) is 18.4 Å². The van der Waals surface area contributed by atoms with Gasteiger partial charge in [0.1, 0.15) is 11.5 Å². The van der Waals surface area contributed by atoms with E-state index in [0.29, 0.717) is 23.9 Å². The van der Waals surface area contributed by atoms with Crippen molar-refractivity contribution in [2.24, 2.45) is 0 Å². The van der Waals surface area contributed by atoms with E-state index in [2.05, 4.69) is 10.5 Å². The normalized spacial score (nSPS) is 19.0. The Balaban J connectivity index is 1.48. The maximum Gasteiger partial charge on any atom is 0.265 e. The van der Waals surface area contributed by atoms with Crippen molar-refractivity contribution in [3.8, 4) is 5.75 Å². The molecule has 148 valence electrons. The largest absolute Gasteiger partial charge is 0.477 e. The second-order valence-electron chi connectivity index (χ2n) is 7.21. The summed E-state index contributed by atoms with van der Waals surface area (Å²) in [4.78, 5) is 29.2. The summed E-state index contributed by atoms with van der Waals surface area (Å²) in [5, 5.41) is 6.51. The Labute approximate surface area is 163 Å². The average Bonchev–Trinajstić information content (AvgIpc) is 3.12. The van der Waals surface area contributed by atoms with E-state index in [1.807, 2.05) is 34.1 Å². The summed E-state index contributed by atoms with van der Waals surface area (Å²) >= 11 is 0. The molecular formula is C20H24N4O4. The first kappa shape index (κ1) is 18.3. The molecule has 2 amide bonds. The minimum atomic E-state index is -0.616. The molecule has 1 N–H and O–H groups in total. The highest BCUT2D eigenvalue weighted by Gasteiger charge is 2.34. The molecule has 1 atom stereocenters. The van der Waals surface area contributed by atoms with Crippen molar-refractivity contribution in [3.63, 3.8) is 0 Å². The molecule has 2 aliphatic rings.